The van der Waals surface area contributed by atoms with Crippen LogP contribution in [0.15, 0.2) is 24.3 Å². The summed E-state index contributed by atoms with van der Waals surface area (Å²) in [7, 11) is 1.67. The second-order valence-corrected chi connectivity index (χ2v) is 8.85. The van der Waals surface area contributed by atoms with Crippen molar-refractivity contribution in [1.29, 1.82) is 0 Å². The first-order valence-corrected chi connectivity index (χ1v) is 11.0. The molecular formula is C22H31N3O3S. The van der Waals surface area contributed by atoms with Gasteiger partial charge in [0.05, 0.1) is 37.1 Å². The zero-order valence-electron chi connectivity index (χ0n) is 17.7. The minimum Gasteiger partial charge on any atom is -0.497 e. The molecule has 0 bridgehead atoms. The predicted octanol–water partition coefficient (Wildman–Crippen LogP) is 3.46. The van der Waals surface area contributed by atoms with Gasteiger partial charge in [-0.25, -0.2) is 4.98 Å². The van der Waals surface area contributed by atoms with Gasteiger partial charge in [-0.1, -0.05) is 26.0 Å². The lowest BCUT2D eigenvalue weighted by Crippen LogP contribution is -2.43. The fourth-order valence-electron chi connectivity index (χ4n) is 3.54. The number of amides is 1. The molecule has 0 radical (unpaired) electrons. The maximum atomic E-state index is 12.9. The molecule has 2 aromatic rings. The Bertz CT molecular complexity index is 798. The number of hydrogen-bond acceptors (Lipinski definition) is 6. The van der Waals surface area contributed by atoms with Gasteiger partial charge in [-0.05, 0) is 30.5 Å². The Hall–Kier alpha value is -1.96. The van der Waals surface area contributed by atoms with Crippen molar-refractivity contribution in [1.82, 2.24) is 15.2 Å². The third kappa shape index (κ3) is 5.78. The Morgan fingerprint density at radius 3 is 2.59 bits per heavy atom. The summed E-state index contributed by atoms with van der Waals surface area (Å²) >= 11 is 1.51. The number of rotatable bonds is 8. The first kappa shape index (κ1) is 21.7. The molecule has 1 aliphatic rings. The van der Waals surface area contributed by atoms with Crippen LogP contribution < -0.4 is 10.1 Å². The molecule has 1 aromatic carbocycles. The van der Waals surface area contributed by atoms with Gasteiger partial charge in [0.1, 0.15) is 10.6 Å². The number of carbonyl (C=O) groups excluding carboxylic acids is 1. The summed E-state index contributed by atoms with van der Waals surface area (Å²) in [6.45, 7) is 9.92. The number of methoxy groups -OCH3 is 1. The van der Waals surface area contributed by atoms with Crippen molar-refractivity contribution in [3.8, 4) is 5.75 Å². The molecule has 1 aromatic heterocycles. The molecule has 0 spiro atoms. The number of hydrogen-bond donors (Lipinski definition) is 1. The van der Waals surface area contributed by atoms with Gasteiger partial charge in [0.15, 0.2) is 0 Å². The van der Waals surface area contributed by atoms with Gasteiger partial charge in [0, 0.05) is 26.1 Å². The van der Waals surface area contributed by atoms with E-state index in [-0.39, 0.29) is 11.9 Å². The summed E-state index contributed by atoms with van der Waals surface area (Å²) in [4.78, 5) is 20.6. The molecule has 1 saturated heterocycles. The molecule has 1 unspecified atom stereocenters. The lowest BCUT2D eigenvalue weighted by atomic mass is 10.0. The topological polar surface area (TPSA) is 63.7 Å². The molecule has 158 valence electrons. The van der Waals surface area contributed by atoms with Gasteiger partial charge in [-0.2, -0.15) is 0 Å². The Morgan fingerprint density at radius 2 is 1.97 bits per heavy atom. The second-order valence-electron chi connectivity index (χ2n) is 7.77. The van der Waals surface area contributed by atoms with Crippen LogP contribution in [0.3, 0.4) is 0 Å². The van der Waals surface area contributed by atoms with E-state index in [0.717, 1.165) is 46.4 Å². The third-order valence-corrected chi connectivity index (χ3v) is 6.25. The highest BCUT2D eigenvalue weighted by Crippen LogP contribution is 2.25. The van der Waals surface area contributed by atoms with Crippen LogP contribution in [-0.4, -0.2) is 55.7 Å². The first-order valence-electron chi connectivity index (χ1n) is 10.2. The second kappa shape index (κ2) is 10.2. The monoisotopic (exact) mass is 417 g/mol. The molecule has 0 saturated carbocycles. The van der Waals surface area contributed by atoms with E-state index in [1.54, 1.807) is 7.11 Å². The third-order valence-electron chi connectivity index (χ3n) is 5.07. The molecule has 1 N–H and O–H groups in total. The largest absolute Gasteiger partial charge is 0.497 e. The molecular weight excluding hydrogens is 386 g/mol. The van der Waals surface area contributed by atoms with Crippen molar-refractivity contribution in [3.63, 3.8) is 0 Å². The standard InChI is InChI=1S/C22H31N3O3S/c1-15(2)13-20-24-16(3)21(29-20)22(26)23-14-19(25-9-11-28-12-10-25)17-5-7-18(27-4)8-6-17/h5-8,15,19H,9-14H2,1-4H3,(H,23,26). The average Bonchev–Trinajstić information content (AvgIpc) is 3.08. The zero-order chi connectivity index (χ0) is 20.8. The molecule has 7 heteroatoms. The van der Waals surface area contributed by atoms with E-state index in [4.69, 9.17) is 9.47 Å². The van der Waals surface area contributed by atoms with Crippen LogP contribution in [0, 0.1) is 12.8 Å². The van der Waals surface area contributed by atoms with E-state index in [1.165, 1.54) is 11.3 Å². The lowest BCUT2D eigenvalue weighted by molar-refractivity contribution is 0.0162. The summed E-state index contributed by atoms with van der Waals surface area (Å²) in [5.41, 5.74) is 1.98. The van der Waals surface area contributed by atoms with Crippen LogP contribution >= 0.6 is 11.3 Å². The number of nitrogens with one attached hydrogen (secondary N) is 1. The summed E-state index contributed by atoms with van der Waals surface area (Å²) in [6.07, 6.45) is 0.904. The number of benzene rings is 1. The van der Waals surface area contributed by atoms with Crippen LogP contribution in [0.5, 0.6) is 5.75 Å². The number of morpholine rings is 1. The molecule has 0 aliphatic carbocycles. The van der Waals surface area contributed by atoms with Crippen LogP contribution in [-0.2, 0) is 11.2 Å². The number of carbonyl (C=O) groups is 1. The van der Waals surface area contributed by atoms with Gasteiger partial charge in [0.25, 0.3) is 5.91 Å². The molecule has 1 fully saturated rings. The van der Waals surface area contributed by atoms with Crippen LogP contribution in [0.2, 0.25) is 0 Å². The van der Waals surface area contributed by atoms with Crippen molar-refractivity contribution in [2.75, 3.05) is 40.0 Å². The van der Waals surface area contributed by atoms with Gasteiger partial charge >= 0.3 is 0 Å². The van der Waals surface area contributed by atoms with Crippen LogP contribution in [0.1, 0.15) is 45.8 Å². The van der Waals surface area contributed by atoms with Crippen LogP contribution in [0.25, 0.3) is 0 Å². The van der Waals surface area contributed by atoms with Gasteiger partial charge in [0.2, 0.25) is 0 Å². The maximum Gasteiger partial charge on any atom is 0.263 e. The van der Waals surface area contributed by atoms with E-state index in [1.807, 2.05) is 19.1 Å². The number of nitrogens with zero attached hydrogens (tertiary/aromatic N) is 2. The summed E-state index contributed by atoms with van der Waals surface area (Å²) < 4.78 is 10.8. The van der Waals surface area contributed by atoms with Gasteiger partial charge in [-0.15, -0.1) is 11.3 Å². The summed E-state index contributed by atoms with van der Waals surface area (Å²) in [6, 6.07) is 8.18. The van der Waals surface area contributed by atoms with Crippen molar-refractivity contribution in [2.24, 2.45) is 5.92 Å². The highest BCUT2D eigenvalue weighted by atomic mass is 32.1. The first-order chi connectivity index (χ1) is 14.0. The highest BCUT2D eigenvalue weighted by Gasteiger charge is 2.24. The number of aromatic nitrogens is 1. The maximum absolute atomic E-state index is 12.9. The Morgan fingerprint density at radius 1 is 1.28 bits per heavy atom. The Balaban J connectivity index is 1.72. The SMILES string of the molecule is COc1ccc(C(CNC(=O)c2sc(CC(C)C)nc2C)N2CCOCC2)cc1. The van der Waals surface area contributed by atoms with Gasteiger partial charge in [-0.3, -0.25) is 9.69 Å². The van der Waals surface area contributed by atoms with Crippen molar-refractivity contribution >= 4 is 17.2 Å². The highest BCUT2D eigenvalue weighted by molar-refractivity contribution is 7.13. The van der Waals surface area contributed by atoms with E-state index < -0.39 is 0 Å². The summed E-state index contributed by atoms with van der Waals surface area (Å²) in [5, 5.41) is 4.18. The Labute approximate surface area is 177 Å². The van der Waals surface area contributed by atoms with Crippen molar-refractivity contribution < 1.29 is 14.3 Å². The fraction of sp³-hybridized carbons (Fsp3) is 0.545. The number of aryl methyl sites for hydroxylation is 1. The molecule has 3 rings (SSSR count). The van der Waals surface area contributed by atoms with Crippen molar-refractivity contribution in [3.05, 3.63) is 45.4 Å². The van der Waals surface area contributed by atoms with E-state index in [9.17, 15) is 4.79 Å². The minimum atomic E-state index is -0.0400. The molecule has 1 atom stereocenters. The van der Waals surface area contributed by atoms with Gasteiger partial charge < -0.3 is 14.8 Å². The normalized spacial score (nSPS) is 16.0. The van der Waals surface area contributed by atoms with Crippen LogP contribution in [0.4, 0.5) is 0 Å². The lowest BCUT2D eigenvalue weighted by Gasteiger charge is -2.35. The molecule has 29 heavy (non-hydrogen) atoms. The smallest absolute Gasteiger partial charge is 0.263 e. The number of ether oxygens (including phenoxy) is 2. The van der Waals surface area contributed by atoms with E-state index in [2.05, 4.69) is 41.2 Å². The minimum absolute atomic E-state index is 0.0400. The fourth-order valence-corrected chi connectivity index (χ4v) is 4.74. The average molecular weight is 418 g/mol. The Kier molecular flexibility index (Phi) is 7.64. The van der Waals surface area contributed by atoms with E-state index >= 15 is 0 Å². The summed E-state index contributed by atoms with van der Waals surface area (Å²) in [5.74, 6) is 1.32. The molecule has 1 aliphatic heterocycles. The van der Waals surface area contributed by atoms with Crippen molar-refractivity contribution in [2.45, 2.75) is 33.2 Å². The zero-order valence-corrected chi connectivity index (χ0v) is 18.6. The molecule has 1 amide bonds. The number of thiazole rings is 1. The predicted molar refractivity (Wildman–Crippen MR) is 116 cm³/mol. The molecule has 2 heterocycles. The quantitative estimate of drug-likeness (QED) is 0.713. The molecule has 6 nitrogen and oxygen atoms in total. The van der Waals surface area contributed by atoms with E-state index in [0.29, 0.717) is 25.7 Å².